The van der Waals surface area contributed by atoms with Crippen LogP contribution in [0, 0.1) is 0 Å². The van der Waals surface area contributed by atoms with Crippen LogP contribution in [0.5, 0.6) is 5.75 Å². The molecule has 3 aromatic rings. The Bertz CT molecular complexity index is 1150. The van der Waals surface area contributed by atoms with Gasteiger partial charge in [0.05, 0.1) is 16.3 Å². The standard InChI is InChI=1S/C20H13ClF6N2O2/c1-29-15(9-18(28-29)20(25,26)27)12-4-3-11(8-17(12)31)16(30)7-10-2-5-14(21)13(6-10)19(22,23)24/h2-6,8-9,31H,7H2,1H3. The van der Waals surface area contributed by atoms with Gasteiger partial charge in [-0.05, 0) is 35.9 Å². The number of aryl methyl sites for hydroxylation is 1. The summed E-state index contributed by atoms with van der Waals surface area (Å²) in [5.41, 5.74) is -2.21. The van der Waals surface area contributed by atoms with E-state index in [1.54, 1.807) is 0 Å². The number of benzene rings is 2. The Morgan fingerprint density at radius 2 is 1.71 bits per heavy atom. The number of carbonyl (C=O) groups excluding carboxylic acids is 1. The zero-order valence-corrected chi connectivity index (χ0v) is 16.4. The van der Waals surface area contributed by atoms with Gasteiger partial charge in [0.15, 0.2) is 11.5 Å². The lowest BCUT2D eigenvalue weighted by Gasteiger charge is -2.11. The Morgan fingerprint density at radius 3 is 2.26 bits per heavy atom. The van der Waals surface area contributed by atoms with Crippen molar-refractivity contribution in [2.75, 3.05) is 0 Å². The lowest BCUT2D eigenvalue weighted by molar-refractivity contribution is -0.141. The minimum atomic E-state index is -4.69. The molecule has 0 radical (unpaired) electrons. The van der Waals surface area contributed by atoms with Crippen LogP contribution in [-0.4, -0.2) is 20.7 Å². The van der Waals surface area contributed by atoms with Crippen LogP contribution in [0.2, 0.25) is 5.02 Å². The Balaban J connectivity index is 1.87. The first-order valence-electron chi connectivity index (χ1n) is 8.61. The number of hydrogen-bond donors (Lipinski definition) is 1. The summed E-state index contributed by atoms with van der Waals surface area (Å²) in [6.07, 6.45) is -9.76. The predicted octanol–water partition coefficient (Wildman–Crippen LogP) is 5.91. The van der Waals surface area contributed by atoms with E-state index in [-0.39, 0.29) is 22.4 Å². The number of phenolic OH excluding ortho intramolecular Hbond substituents is 1. The smallest absolute Gasteiger partial charge is 0.435 e. The van der Waals surface area contributed by atoms with E-state index in [1.165, 1.54) is 25.2 Å². The summed E-state index contributed by atoms with van der Waals surface area (Å²) in [4.78, 5) is 12.5. The molecule has 0 bridgehead atoms. The first kappa shape index (κ1) is 22.7. The molecule has 0 aliphatic rings. The van der Waals surface area contributed by atoms with E-state index in [0.29, 0.717) is 0 Å². The molecule has 4 nitrogen and oxygen atoms in total. The molecule has 164 valence electrons. The molecule has 3 rings (SSSR count). The van der Waals surface area contributed by atoms with Gasteiger partial charge >= 0.3 is 12.4 Å². The first-order valence-corrected chi connectivity index (χ1v) is 8.98. The second-order valence-electron chi connectivity index (χ2n) is 6.68. The quantitative estimate of drug-likeness (QED) is 0.387. The number of Topliss-reactive ketones (excluding diaryl/α,β-unsaturated/α-hetero) is 1. The Morgan fingerprint density at radius 1 is 1.03 bits per heavy atom. The zero-order chi connectivity index (χ0) is 23.1. The van der Waals surface area contributed by atoms with Crippen molar-refractivity contribution in [1.82, 2.24) is 9.78 Å². The largest absolute Gasteiger partial charge is 0.507 e. The van der Waals surface area contributed by atoms with Crippen molar-refractivity contribution in [2.45, 2.75) is 18.8 Å². The molecule has 2 aromatic carbocycles. The van der Waals surface area contributed by atoms with Crippen molar-refractivity contribution >= 4 is 17.4 Å². The third kappa shape index (κ3) is 4.84. The molecule has 11 heteroatoms. The van der Waals surface area contributed by atoms with Crippen molar-refractivity contribution in [3.05, 3.63) is 69.9 Å². The van der Waals surface area contributed by atoms with E-state index >= 15 is 0 Å². The summed E-state index contributed by atoms with van der Waals surface area (Å²) in [5.74, 6) is -1.08. The van der Waals surface area contributed by atoms with Crippen molar-refractivity contribution in [1.29, 1.82) is 0 Å². The van der Waals surface area contributed by atoms with E-state index in [4.69, 9.17) is 11.6 Å². The molecule has 0 spiro atoms. The number of alkyl halides is 6. The number of ketones is 1. The molecular formula is C20H13ClF6N2O2. The minimum absolute atomic E-state index is 0.00732. The van der Waals surface area contributed by atoms with Gasteiger partial charge in [0.25, 0.3) is 0 Å². The van der Waals surface area contributed by atoms with Crippen molar-refractivity contribution < 1.29 is 36.2 Å². The molecule has 0 fully saturated rings. The van der Waals surface area contributed by atoms with Gasteiger partial charge in [0.1, 0.15) is 5.75 Å². The van der Waals surface area contributed by atoms with Gasteiger partial charge in [-0.2, -0.15) is 31.4 Å². The molecule has 0 atom stereocenters. The fourth-order valence-electron chi connectivity index (χ4n) is 2.97. The summed E-state index contributed by atoms with van der Waals surface area (Å²) in [6, 6.07) is 7.37. The highest BCUT2D eigenvalue weighted by atomic mass is 35.5. The first-order chi connectivity index (χ1) is 14.3. The lowest BCUT2D eigenvalue weighted by atomic mass is 9.99. The van der Waals surface area contributed by atoms with Crippen molar-refractivity contribution in [2.24, 2.45) is 7.05 Å². The minimum Gasteiger partial charge on any atom is -0.507 e. The number of nitrogens with zero attached hydrogens (tertiary/aromatic N) is 2. The van der Waals surface area contributed by atoms with Gasteiger partial charge in [0.2, 0.25) is 0 Å². The van der Waals surface area contributed by atoms with Crippen molar-refractivity contribution in [3.63, 3.8) is 0 Å². The van der Waals surface area contributed by atoms with E-state index in [0.717, 1.165) is 28.9 Å². The molecule has 0 aliphatic heterocycles. The van der Waals surface area contributed by atoms with Crippen LogP contribution < -0.4 is 0 Å². The highest BCUT2D eigenvalue weighted by Gasteiger charge is 2.35. The Labute approximate surface area is 176 Å². The van der Waals surface area contributed by atoms with E-state index in [2.05, 4.69) is 5.10 Å². The van der Waals surface area contributed by atoms with Gasteiger partial charge in [-0.1, -0.05) is 23.7 Å². The second-order valence-corrected chi connectivity index (χ2v) is 7.09. The van der Waals surface area contributed by atoms with Crippen LogP contribution >= 0.6 is 11.6 Å². The maximum atomic E-state index is 13.0. The maximum absolute atomic E-state index is 13.0. The summed E-state index contributed by atoms with van der Waals surface area (Å²) < 4.78 is 78.4. The molecule has 0 saturated carbocycles. The highest BCUT2D eigenvalue weighted by molar-refractivity contribution is 6.31. The second kappa shape index (κ2) is 7.92. The number of halogens is 7. The fraction of sp³-hybridized carbons (Fsp3) is 0.200. The molecule has 0 unspecified atom stereocenters. The zero-order valence-electron chi connectivity index (χ0n) is 15.6. The van der Waals surface area contributed by atoms with Crippen LogP contribution in [0.15, 0.2) is 42.5 Å². The van der Waals surface area contributed by atoms with Crippen LogP contribution in [-0.2, 0) is 25.8 Å². The predicted molar refractivity (Wildman–Crippen MR) is 99.8 cm³/mol. The summed E-state index contributed by atoms with van der Waals surface area (Å²) in [5, 5.41) is 13.1. The fourth-order valence-corrected chi connectivity index (χ4v) is 3.19. The van der Waals surface area contributed by atoms with Gasteiger partial charge < -0.3 is 5.11 Å². The molecule has 31 heavy (non-hydrogen) atoms. The topological polar surface area (TPSA) is 55.1 Å². The summed E-state index contributed by atoms with van der Waals surface area (Å²) >= 11 is 5.56. The molecule has 1 aromatic heterocycles. The highest BCUT2D eigenvalue weighted by Crippen LogP contribution is 2.36. The average Bonchev–Trinajstić information content (AvgIpc) is 3.04. The van der Waals surface area contributed by atoms with E-state index in [9.17, 15) is 36.2 Å². The van der Waals surface area contributed by atoms with Gasteiger partial charge in [-0.3, -0.25) is 9.48 Å². The van der Waals surface area contributed by atoms with E-state index in [1.807, 2.05) is 0 Å². The van der Waals surface area contributed by atoms with Crippen LogP contribution in [0.4, 0.5) is 26.3 Å². The van der Waals surface area contributed by atoms with Gasteiger partial charge in [-0.25, -0.2) is 0 Å². The number of aromatic nitrogens is 2. The molecule has 0 amide bonds. The third-order valence-electron chi connectivity index (χ3n) is 4.47. The Kier molecular flexibility index (Phi) is 5.79. The van der Waals surface area contributed by atoms with Crippen LogP contribution in [0.3, 0.4) is 0 Å². The number of aromatic hydroxyl groups is 1. The van der Waals surface area contributed by atoms with Crippen LogP contribution in [0.25, 0.3) is 11.3 Å². The molecular weight excluding hydrogens is 450 g/mol. The summed E-state index contributed by atoms with van der Waals surface area (Å²) in [6.45, 7) is 0. The lowest BCUT2D eigenvalue weighted by Crippen LogP contribution is -2.09. The number of hydrogen-bond acceptors (Lipinski definition) is 3. The Hall–Kier alpha value is -3.01. The van der Waals surface area contributed by atoms with Gasteiger partial charge in [0, 0.05) is 24.6 Å². The van der Waals surface area contributed by atoms with Gasteiger partial charge in [-0.15, -0.1) is 0 Å². The third-order valence-corrected chi connectivity index (χ3v) is 4.80. The number of phenols is 1. The average molecular weight is 463 g/mol. The number of rotatable bonds is 4. The molecule has 1 N–H and O–H groups in total. The maximum Gasteiger partial charge on any atom is 0.435 e. The molecule has 0 aliphatic carbocycles. The normalized spacial score (nSPS) is 12.3. The molecule has 1 heterocycles. The molecule has 0 saturated heterocycles. The number of carbonyl (C=O) groups is 1. The van der Waals surface area contributed by atoms with E-state index < -0.39 is 46.6 Å². The summed E-state index contributed by atoms with van der Waals surface area (Å²) in [7, 11) is 1.27. The monoisotopic (exact) mass is 462 g/mol. The SMILES string of the molecule is Cn1nc(C(F)(F)F)cc1-c1ccc(C(=O)Cc2ccc(Cl)c(C(F)(F)F)c2)cc1O. The van der Waals surface area contributed by atoms with Crippen molar-refractivity contribution in [3.8, 4) is 17.0 Å². The van der Waals surface area contributed by atoms with Crippen LogP contribution in [0.1, 0.15) is 27.2 Å².